The number of nitrogens with one attached hydrogen (secondary N) is 1. The highest BCUT2D eigenvalue weighted by Crippen LogP contribution is 2.30. The van der Waals surface area contributed by atoms with E-state index in [1.807, 2.05) is 13.0 Å². The van der Waals surface area contributed by atoms with Crippen LogP contribution in [0.15, 0.2) is 24.3 Å². The molecule has 1 fully saturated rings. The zero-order valence-electron chi connectivity index (χ0n) is 11.9. The molecule has 0 radical (unpaired) electrons. The molecule has 2 N–H and O–H groups in total. The molecule has 3 nitrogen and oxygen atoms in total. The monoisotopic (exact) mass is 279 g/mol. The van der Waals surface area contributed by atoms with Crippen LogP contribution in [0, 0.1) is 11.7 Å². The van der Waals surface area contributed by atoms with Crippen LogP contribution in [0.25, 0.3) is 0 Å². The van der Waals surface area contributed by atoms with Crippen molar-refractivity contribution in [2.24, 2.45) is 5.92 Å². The lowest BCUT2D eigenvalue weighted by atomic mass is 9.80. The molecule has 0 aromatic heterocycles. The average molecular weight is 279 g/mol. The van der Waals surface area contributed by atoms with Crippen LogP contribution in [0.5, 0.6) is 0 Å². The maximum atomic E-state index is 13.0. The van der Waals surface area contributed by atoms with Crippen LogP contribution in [0.2, 0.25) is 0 Å². The molecule has 1 saturated carbocycles. The number of rotatable bonds is 6. The van der Waals surface area contributed by atoms with Gasteiger partial charge < -0.3 is 10.4 Å². The van der Waals surface area contributed by atoms with Gasteiger partial charge in [0.2, 0.25) is 5.91 Å². The van der Waals surface area contributed by atoms with Gasteiger partial charge in [-0.2, -0.15) is 0 Å². The van der Waals surface area contributed by atoms with Crippen LogP contribution >= 0.6 is 0 Å². The third-order valence-electron chi connectivity index (χ3n) is 4.08. The number of halogens is 1. The number of hydrogen-bond donors (Lipinski definition) is 2. The molecule has 0 heterocycles. The third-order valence-corrected chi connectivity index (χ3v) is 4.08. The van der Waals surface area contributed by atoms with E-state index < -0.39 is 5.60 Å². The minimum atomic E-state index is -0.683. The first-order valence-electron chi connectivity index (χ1n) is 7.23. The van der Waals surface area contributed by atoms with Gasteiger partial charge >= 0.3 is 0 Å². The molecule has 1 atom stereocenters. The highest BCUT2D eigenvalue weighted by molar-refractivity contribution is 5.78. The van der Waals surface area contributed by atoms with E-state index in [1.165, 1.54) is 12.1 Å². The predicted octanol–water partition coefficient (Wildman–Crippen LogP) is 2.43. The number of carbonyl (C=O) groups is 1. The largest absolute Gasteiger partial charge is 0.388 e. The Labute approximate surface area is 119 Å². The molecule has 20 heavy (non-hydrogen) atoms. The summed E-state index contributed by atoms with van der Waals surface area (Å²) in [4.78, 5) is 11.9. The summed E-state index contributed by atoms with van der Waals surface area (Å²) < 4.78 is 13.0. The first-order valence-corrected chi connectivity index (χ1v) is 7.23. The Hall–Kier alpha value is -1.42. The van der Waals surface area contributed by atoms with Gasteiger partial charge in [0.05, 0.1) is 5.60 Å². The van der Waals surface area contributed by atoms with Crippen molar-refractivity contribution in [1.29, 1.82) is 0 Å². The van der Waals surface area contributed by atoms with Gasteiger partial charge in [0.1, 0.15) is 5.82 Å². The van der Waals surface area contributed by atoms with Crippen LogP contribution in [0.4, 0.5) is 4.39 Å². The van der Waals surface area contributed by atoms with E-state index in [4.69, 9.17) is 0 Å². The van der Waals surface area contributed by atoms with Crippen molar-refractivity contribution in [2.75, 3.05) is 6.54 Å². The summed E-state index contributed by atoms with van der Waals surface area (Å²) >= 11 is 0. The molecule has 0 bridgehead atoms. The average Bonchev–Trinajstić information content (AvgIpc) is 2.40. The molecule has 4 heteroatoms. The van der Waals surface area contributed by atoms with Gasteiger partial charge in [-0.1, -0.05) is 19.1 Å². The Balaban J connectivity index is 1.73. The van der Waals surface area contributed by atoms with E-state index in [0.29, 0.717) is 19.4 Å². The number of carbonyl (C=O) groups excluding carboxylic acids is 1. The summed E-state index contributed by atoms with van der Waals surface area (Å²) in [6, 6.07) is 6.47. The second-order valence-electron chi connectivity index (χ2n) is 5.87. The predicted molar refractivity (Wildman–Crippen MR) is 75.7 cm³/mol. The summed E-state index contributed by atoms with van der Waals surface area (Å²) in [6.07, 6.45) is 3.92. The van der Waals surface area contributed by atoms with Crippen molar-refractivity contribution in [3.05, 3.63) is 35.6 Å². The van der Waals surface area contributed by atoms with E-state index in [2.05, 4.69) is 5.32 Å². The smallest absolute Gasteiger partial charge is 0.222 e. The minimum Gasteiger partial charge on any atom is -0.388 e. The molecule has 0 saturated heterocycles. The second-order valence-corrected chi connectivity index (χ2v) is 5.87. The van der Waals surface area contributed by atoms with Crippen molar-refractivity contribution in [1.82, 2.24) is 5.32 Å². The van der Waals surface area contributed by atoms with Crippen LogP contribution in [-0.4, -0.2) is 23.2 Å². The highest BCUT2D eigenvalue weighted by Gasteiger charge is 2.34. The van der Waals surface area contributed by atoms with Gasteiger partial charge in [-0.05, 0) is 49.8 Å². The van der Waals surface area contributed by atoms with E-state index >= 15 is 0 Å². The normalized spacial score (nSPS) is 18.1. The summed E-state index contributed by atoms with van der Waals surface area (Å²) in [5, 5.41) is 12.7. The zero-order chi connectivity index (χ0) is 14.6. The summed E-state index contributed by atoms with van der Waals surface area (Å²) in [6.45, 7) is 2.20. The molecule has 2 rings (SSSR count). The van der Waals surface area contributed by atoms with Gasteiger partial charge in [0.25, 0.3) is 0 Å². The van der Waals surface area contributed by atoms with Gasteiger partial charge in [-0.15, -0.1) is 0 Å². The van der Waals surface area contributed by atoms with Crippen LogP contribution in [-0.2, 0) is 11.2 Å². The molecule has 0 aliphatic heterocycles. The Morgan fingerprint density at radius 2 is 2.25 bits per heavy atom. The van der Waals surface area contributed by atoms with E-state index in [-0.39, 0.29) is 17.6 Å². The van der Waals surface area contributed by atoms with Gasteiger partial charge in [0, 0.05) is 12.5 Å². The highest BCUT2D eigenvalue weighted by atomic mass is 19.1. The minimum absolute atomic E-state index is 0.0401. The van der Waals surface area contributed by atoms with Crippen molar-refractivity contribution in [3.8, 4) is 0 Å². The number of benzene rings is 1. The molecule has 1 aromatic rings. The summed E-state index contributed by atoms with van der Waals surface area (Å²) in [5.41, 5.74) is 0.222. The lowest BCUT2D eigenvalue weighted by Gasteiger charge is -2.36. The molecular weight excluding hydrogens is 257 g/mol. The van der Waals surface area contributed by atoms with Crippen molar-refractivity contribution >= 4 is 5.91 Å². The first kappa shape index (κ1) is 15.0. The van der Waals surface area contributed by atoms with E-state index in [1.54, 1.807) is 6.07 Å². The Morgan fingerprint density at radius 1 is 1.50 bits per heavy atom. The standard InChI is InChI=1S/C16H22FNO2/c1-12(6-7-13-4-2-5-14(17)10-13)15(19)18-11-16(20)8-3-9-16/h2,4-5,10,12,20H,3,6-9,11H2,1H3,(H,18,19). The van der Waals surface area contributed by atoms with Crippen molar-refractivity contribution < 1.29 is 14.3 Å². The maximum absolute atomic E-state index is 13.0. The molecule has 110 valence electrons. The summed E-state index contributed by atoms with van der Waals surface area (Å²) in [7, 11) is 0. The molecule has 1 aromatic carbocycles. The first-order chi connectivity index (χ1) is 9.48. The maximum Gasteiger partial charge on any atom is 0.222 e. The van der Waals surface area contributed by atoms with E-state index in [0.717, 1.165) is 24.8 Å². The lowest BCUT2D eigenvalue weighted by Crippen LogP contribution is -2.48. The molecule has 1 unspecified atom stereocenters. The molecular formula is C16H22FNO2. The Bertz CT molecular complexity index is 471. The fraction of sp³-hybridized carbons (Fsp3) is 0.562. The number of amides is 1. The number of hydrogen-bond acceptors (Lipinski definition) is 2. The molecule has 0 spiro atoms. The summed E-state index contributed by atoms with van der Waals surface area (Å²) in [5.74, 6) is -0.421. The van der Waals surface area contributed by atoms with Gasteiger partial charge in [-0.3, -0.25) is 4.79 Å². The fourth-order valence-corrected chi connectivity index (χ4v) is 2.39. The van der Waals surface area contributed by atoms with Crippen LogP contribution in [0.3, 0.4) is 0 Å². The lowest BCUT2D eigenvalue weighted by molar-refractivity contribution is -0.127. The number of aliphatic hydroxyl groups is 1. The van der Waals surface area contributed by atoms with Gasteiger partial charge in [-0.25, -0.2) is 4.39 Å². The SMILES string of the molecule is CC(CCc1cccc(F)c1)C(=O)NCC1(O)CCC1. The molecule has 1 aliphatic rings. The zero-order valence-corrected chi connectivity index (χ0v) is 11.9. The van der Waals surface area contributed by atoms with E-state index in [9.17, 15) is 14.3 Å². The van der Waals surface area contributed by atoms with Gasteiger partial charge in [0.15, 0.2) is 0 Å². The molecule has 1 amide bonds. The second kappa shape index (κ2) is 6.35. The quantitative estimate of drug-likeness (QED) is 0.840. The van der Waals surface area contributed by atoms with Crippen molar-refractivity contribution in [2.45, 2.75) is 44.6 Å². The third kappa shape index (κ3) is 4.04. The Morgan fingerprint density at radius 3 is 2.85 bits per heavy atom. The van der Waals surface area contributed by atoms with Crippen molar-refractivity contribution in [3.63, 3.8) is 0 Å². The van der Waals surface area contributed by atoms with Crippen LogP contribution in [0.1, 0.15) is 38.2 Å². The topological polar surface area (TPSA) is 49.3 Å². The molecule has 1 aliphatic carbocycles. The Kier molecular flexibility index (Phi) is 4.76. The number of aryl methyl sites for hydroxylation is 1. The fourth-order valence-electron chi connectivity index (χ4n) is 2.39. The van der Waals surface area contributed by atoms with Crippen LogP contribution < -0.4 is 5.32 Å².